The van der Waals surface area contributed by atoms with E-state index in [1.165, 1.54) is 68.9 Å². The second-order valence-corrected chi connectivity index (χ2v) is 10.3. The highest BCUT2D eigenvalue weighted by Gasteiger charge is 2.37. The fourth-order valence-electron chi connectivity index (χ4n) is 6.45. The van der Waals surface area contributed by atoms with Gasteiger partial charge >= 0.3 is 0 Å². The molecule has 1 aromatic rings. The Kier molecular flexibility index (Phi) is 7.80. The standard InChI is InChI=1S/C27H40.H2O.H2/c1-22-7-4-11-25(19-22)21-26-12-6-10-24(20-26)9-5-8-23-13-17-27(18-14-23)15-2-3-16-27;;/h4,7,11-12,19,23-24H,2-3,5-6,8-10,13-18,20-21H2,1H3;1H2;1H. The summed E-state index contributed by atoms with van der Waals surface area (Å²) in [6, 6.07) is 9.09. The number of benzene rings is 1. The number of hydrogen-bond donors (Lipinski definition) is 0. The van der Waals surface area contributed by atoms with Crippen molar-refractivity contribution in [2.24, 2.45) is 17.3 Å². The molecular formula is C27H44O. The molecular weight excluding hydrogens is 340 g/mol. The lowest BCUT2D eigenvalue weighted by Gasteiger charge is -2.37. The van der Waals surface area contributed by atoms with Crippen molar-refractivity contribution in [1.29, 1.82) is 0 Å². The summed E-state index contributed by atoms with van der Waals surface area (Å²) in [6.07, 6.45) is 24.7. The molecule has 1 unspecified atom stereocenters. The molecule has 0 amide bonds. The van der Waals surface area contributed by atoms with E-state index in [4.69, 9.17) is 0 Å². The van der Waals surface area contributed by atoms with Gasteiger partial charge < -0.3 is 5.48 Å². The minimum atomic E-state index is 0. The molecule has 0 aromatic heterocycles. The second kappa shape index (κ2) is 10.1. The minimum Gasteiger partial charge on any atom is -0.412 e. The second-order valence-electron chi connectivity index (χ2n) is 10.3. The van der Waals surface area contributed by atoms with Crippen molar-refractivity contribution in [3.63, 3.8) is 0 Å². The van der Waals surface area contributed by atoms with E-state index in [1.807, 2.05) is 0 Å². The van der Waals surface area contributed by atoms with Crippen LogP contribution in [0.4, 0.5) is 0 Å². The maximum atomic E-state index is 2.54. The third-order valence-electron chi connectivity index (χ3n) is 8.13. The van der Waals surface area contributed by atoms with Gasteiger partial charge in [0.15, 0.2) is 0 Å². The third kappa shape index (κ3) is 5.72. The van der Waals surface area contributed by atoms with Crippen LogP contribution in [0, 0.1) is 24.2 Å². The predicted octanol–water partition coefficient (Wildman–Crippen LogP) is 7.61. The van der Waals surface area contributed by atoms with Crippen LogP contribution in [0.2, 0.25) is 0 Å². The van der Waals surface area contributed by atoms with Crippen LogP contribution < -0.4 is 0 Å². The summed E-state index contributed by atoms with van der Waals surface area (Å²) >= 11 is 0. The minimum absolute atomic E-state index is 0. The summed E-state index contributed by atoms with van der Waals surface area (Å²) in [5.41, 5.74) is 5.42. The predicted molar refractivity (Wildman–Crippen MR) is 123 cm³/mol. The fourth-order valence-corrected chi connectivity index (χ4v) is 6.45. The lowest BCUT2D eigenvalue weighted by atomic mass is 9.68. The van der Waals surface area contributed by atoms with E-state index in [0.29, 0.717) is 0 Å². The van der Waals surface area contributed by atoms with Crippen molar-refractivity contribution in [2.45, 2.75) is 103 Å². The molecule has 2 N–H and O–H groups in total. The molecule has 0 bridgehead atoms. The third-order valence-corrected chi connectivity index (χ3v) is 8.13. The maximum absolute atomic E-state index is 2.54. The highest BCUT2D eigenvalue weighted by Crippen LogP contribution is 2.51. The lowest BCUT2D eigenvalue weighted by Crippen LogP contribution is -2.24. The van der Waals surface area contributed by atoms with E-state index in [2.05, 4.69) is 37.3 Å². The molecule has 2 fully saturated rings. The number of allylic oxidation sites excluding steroid dienone is 2. The van der Waals surface area contributed by atoms with Crippen molar-refractivity contribution in [1.82, 2.24) is 0 Å². The summed E-state index contributed by atoms with van der Waals surface area (Å²) in [5.74, 6) is 2.02. The van der Waals surface area contributed by atoms with Crippen LogP contribution in [0.15, 0.2) is 35.9 Å². The van der Waals surface area contributed by atoms with E-state index in [1.54, 1.807) is 44.1 Å². The van der Waals surface area contributed by atoms with Gasteiger partial charge in [0.1, 0.15) is 0 Å². The Morgan fingerprint density at radius 1 is 0.964 bits per heavy atom. The van der Waals surface area contributed by atoms with E-state index < -0.39 is 0 Å². The van der Waals surface area contributed by atoms with Crippen LogP contribution in [0.1, 0.15) is 102 Å². The molecule has 2 saturated carbocycles. The molecule has 0 saturated heterocycles. The Morgan fingerprint density at radius 3 is 2.46 bits per heavy atom. The molecule has 158 valence electrons. The van der Waals surface area contributed by atoms with Crippen LogP contribution in [0.25, 0.3) is 0 Å². The molecule has 1 atom stereocenters. The molecule has 3 aliphatic rings. The summed E-state index contributed by atoms with van der Waals surface area (Å²) in [7, 11) is 0. The van der Waals surface area contributed by atoms with Gasteiger partial charge in [-0.1, -0.05) is 73.6 Å². The Morgan fingerprint density at radius 2 is 1.71 bits per heavy atom. The van der Waals surface area contributed by atoms with Crippen molar-refractivity contribution in [3.05, 3.63) is 47.0 Å². The largest absolute Gasteiger partial charge is 0.412 e. The quantitative estimate of drug-likeness (QED) is 0.452. The van der Waals surface area contributed by atoms with Gasteiger partial charge in [-0.3, -0.25) is 0 Å². The van der Waals surface area contributed by atoms with Crippen LogP contribution in [0.5, 0.6) is 0 Å². The SMILES string of the molecule is Cc1cccc(CC2=CCCC(CCCC3CCC4(CCCC4)CC3)C2)c1.O.[HH]. The van der Waals surface area contributed by atoms with Gasteiger partial charge in [-0.25, -0.2) is 0 Å². The van der Waals surface area contributed by atoms with Gasteiger partial charge in [0.05, 0.1) is 0 Å². The molecule has 1 aromatic carbocycles. The fraction of sp³-hybridized carbons (Fsp3) is 0.704. The van der Waals surface area contributed by atoms with E-state index in [0.717, 1.165) is 17.3 Å². The van der Waals surface area contributed by atoms with Crippen molar-refractivity contribution >= 4 is 0 Å². The van der Waals surface area contributed by atoms with Gasteiger partial charge in [0, 0.05) is 1.43 Å². The molecule has 0 aliphatic heterocycles. The van der Waals surface area contributed by atoms with E-state index >= 15 is 0 Å². The molecule has 1 spiro atoms. The number of aryl methyl sites for hydroxylation is 1. The first-order valence-electron chi connectivity index (χ1n) is 11.9. The topological polar surface area (TPSA) is 31.5 Å². The van der Waals surface area contributed by atoms with Gasteiger partial charge in [0.25, 0.3) is 0 Å². The molecule has 28 heavy (non-hydrogen) atoms. The Balaban J connectivity index is 0.00000150. The molecule has 0 radical (unpaired) electrons. The molecule has 1 heteroatoms. The average Bonchev–Trinajstić information content (AvgIpc) is 3.12. The Hall–Kier alpha value is -1.08. The summed E-state index contributed by atoms with van der Waals surface area (Å²) in [4.78, 5) is 0. The zero-order valence-corrected chi connectivity index (χ0v) is 18.1. The molecule has 1 nitrogen and oxygen atoms in total. The summed E-state index contributed by atoms with van der Waals surface area (Å²) in [5, 5.41) is 0. The first-order valence-corrected chi connectivity index (χ1v) is 11.9. The first-order chi connectivity index (χ1) is 13.2. The Labute approximate surface area is 174 Å². The highest BCUT2D eigenvalue weighted by atomic mass is 16.0. The van der Waals surface area contributed by atoms with E-state index in [9.17, 15) is 0 Å². The zero-order valence-electron chi connectivity index (χ0n) is 18.1. The smallest absolute Gasteiger partial charge is 0 e. The molecule has 4 rings (SSSR count). The van der Waals surface area contributed by atoms with Gasteiger partial charge in [-0.05, 0) is 93.9 Å². The normalized spacial score (nSPS) is 24.8. The lowest BCUT2D eigenvalue weighted by molar-refractivity contribution is 0.148. The summed E-state index contributed by atoms with van der Waals surface area (Å²) < 4.78 is 0. The molecule has 3 aliphatic carbocycles. The number of hydrogen-bond acceptors (Lipinski definition) is 0. The molecule has 0 heterocycles. The highest BCUT2D eigenvalue weighted by molar-refractivity contribution is 5.27. The van der Waals surface area contributed by atoms with Gasteiger partial charge in [0.2, 0.25) is 0 Å². The zero-order chi connectivity index (χ0) is 18.5. The van der Waals surface area contributed by atoms with Crippen molar-refractivity contribution in [3.8, 4) is 0 Å². The van der Waals surface area contributed by atoms with Crippen LogP contribution in [0.3, 0.4) is 0 Å². The average molecular weight is 385 g/mol. The van der Waals surface area contributed by atoms with Crippen LogP contribution >= 0.6 is 0 Å². The Bertz CT molecular complexity index is 634. The summed E-state index contributed by atoms with van der Waals surface area (Å²) in [6.45, 7) is 2.21. The van der Waals surface area contributed by atoms with Crippen LogP contribution in [-0.4, -0.2) is 5.48 Å². The monoisotopic (exact) mass is 384 g/mol. The van der Waals surface area contributed by atoms with Crippen LogP contribution in [-0.2, 0) is 6.42 Å². The maximum Gasteiger partial charge on any atom is 0 e. The van der Waals surface area contributed by atoms with Gasteiger partial charge in [-0.2, -0.15) is 0 Å². The number of rotatable bonds is 6. The van der Waals surface area contributed by atoms with Gasteiger partial charge in [-0.15, -0.1) is 0 Å². The van der Waals surface area contributed by atoms with Crippen molar-refractivity contribution in [2.75, 3.05) is 0 Å². The van der Waals surface area contributed by atoms with Crippen molar-refractivity contribution < 1.29 is 6.90 Å². The first kappa shape index (κ1) is 21.6. The van der Waals surface area contributed by atoms with E-state index in [-0.39, 0.29) is 6.90 Å².